The molecular formula is C45H30N2+2. The van der Waals surface area contributed by atoms with E-state index in [1.54, 1.807) is 0 Å². The summed E-state index contributed by atoms with van der Waals surface area (Å²) >= 11 is 0. The van der Waals surface area contributed by atoms with Crippen molar-refractivity contribution in [1.29, 1.82) is 0 Å². The molecule has 0 saturated heterocycles. The van der Waals surface area contributed by atoms with Crippen LogP contribution in [-0.2, 0) is 5.41 Å². The van der Waals surface area contributed by atoms with Gasteiger partial charge in [0, 0.05) is 24.3 Å². The van der Waals surface area contributed by atoms with E-state index in [1.165, 1.54) is 55.6 Å². The molecule has 9 rings (SSSR count). The number of nitrogens with zero attached hydrogens (tertiary/aromatic N) is 2. The van der Waals surface area contributed by atoms with Gasteiger partial charge in [0.15, 0.2) is 0 Å². The van der Waals surface area contributed by atoms with Crippen molar-refractivity contribution in [2.75, 3.05) is 0 Å². The third-order valence-electron chi connectivity index (χ3n) is 9.72. The first-order valence-corrected chi connectivity index (χ1v) is 16.1. The molecule has 0 radical (unpaired) electrons. The molecular weight excluding hydrogens is 569 g/mol. The molecule has 47 heavy (non-hydrogen) atoms. The van der Waals surface area contributed by atoms with Gasteiger partial charge in [-0.2, -0.15) is 0 Å². The van der Waals surface area contributed by atoms with Crippen molar-refractivity contribution in [3.05, 3.63) is 203 Å². The Morgan fingerprint density at radius 2 is 0.681 bits per heavy atom. The second kappa shape index (κ2) is 10.9. The van der Waals surface area contributed by atoms with E-state index in [-0.39, 0.29) is 0 Å². The fourth-order valence-corrected chi connectivity index (χ4v) is 7.46. The van der Waals surface area contributed by atoms with Gasteiger partial charge in [-0.1, -0.05) is 131 Å². The molecule has 0 unspecified atom stereocenters. The fourth-order valence-electron chi connectivity index (χ4n) is 7.46. The zero-order chi connectivity index (χ0) is 31.2. The molecule has 2 heteroatoms. The van der Waals surface area contributed by atoms with Crippen LogP contribution in [0.5, 0.6) is 0 Å². The van der Waals surface area contributed by atoms with E-state index in [0.717, 1.165) is 22.6 Å². The van der Waals surface area contributed by atoms with Gasteiger partial charge < -0.3 is 0 Å². The first-order valence-electron chi connectivity index (χ1n) is 16.1. The molecule has 0 N–H and O–H groups in total. The lowest BCUT2D eigenvalue weighted by molar-refractivity contribution is 0.769. The summed E-state index contributed by atoms with van der Waals surface area (Å²) in [6.45, 7) is 0. The van der Waals surface area contributed by atoms with Crippen LogP contribution < -0.4 is 9.34 Å². The summed E-state index contributed by atoms with van der Waals surface area (Å²) in [7, 11) is 0. The molecule has 3 aliphatic rings. The lowest BCUT2D eigenvalue weighted by Gasteiger charge is -2.34. The number of hydrogen-bond acceptors (Lipinski definition) is 0. The van der Waals surface area contributed by atoms with Crippen molar-refractivity contribution in [3.63, 3.8) is 0 Å². The highest BCUT2D eigenvalue weighted by molar-refractivity contribution is 6.14. The molecule has 6 aromatic carbocycles. The third-order valence-corrected chi connectivity index (χ3v) is 9.72. The zero-order valence-electron chi connectivity index (χ0n) is 25.7. The molecule has 218 valence electrons. The monoisotopic (exact) mass is 598 g/mol. The standard InChI is InChI=1S/C45H30N2/c1-3-9-41-39(7-1)40-8-2-4-10-42(40)45(41,37-25-21-33(22-26-37)31-13-17-35(18-14-31)43-11-5-29-46-43)38-27-23-34(24-28-38)32-15-19-36(20-16-32)44-12-6-30-47-44/h1-30H/q+2. The van der Waals surface area contributed by atoms with Crippen LogP contribution in [0, 0.1) is 0 Å². The Hall–Kier alpha value is -6.30. The topological polar surface area (TPSA) is 28.2 Å². The van der Waals surface area contributed by atoms with Crippen LogP contribution in [0.4, 0.5) is 0 Å². The molecule has 0 spiro atoms. The molecule has 2 nitrogen and oxygen atoms in total. The molecule has 0 fully saturated rings. The molecule has 2 heterocycles. The van der Waals surface area contributed by atoms with Gasteiger partial charge in [-0.05, 0) is 79.9 Å². The van der Waals surface area contributed by atoms with Crippen molar-refractivity contribution in [1.82, 2.24) is 9.34 Å². The number of hydrogen-bond donors (Lipinski definition) is 0. The quantitative estimate of drug-likeness (QED) is 0.172. The van der Waals surface area contributed by atoms with E-state index in [0.29, 0.717) is 0 Å². The predicted molar refractivity (Wildman–Crippen MR) is 198 cm³/mol. The van der Waals surface area contributed by atoms with E-state index < -0.39 is 5.41 Å². The van der Waals surface area contributed by atoms with Crippen molar-refractivity contribution in [3.8, 4) is 33.4 Å². The summed E-state index contributed by atoms with van der Waals surface area (Å²) in [6.07, 6.45) is 11.7. The van der Waals surface area contributed by atoms with Crippen LogP contribution in [-0.4, -0.2) is 23.9 Å². The van der Waals surface area contributed by atoms with Gasteiger partial charge in [0.2, 0.25) is 0 Å². The van der Waals surface area contributed by atoms with E-state index in [9.17, 15) is 0 Å². The Morgan fingerprint density at radius 3 is 1.04 bits per heavy atom. The fraction of sp³-hybridized carbons (Fsp3) is 0.0222. The summed E-state index contributed by atoms with van der Waals surface area (Å²) in [5.74, 6) is 0. The number of benzene rings is 6. The lowest BCUT2D eigenvalue weighted by Crippen LogP contribution is -2.28. The van der Waals surface area contributed by atoms with E-state index in [4.69, 9.17) is 0 Å². The maximum absolute atomic E-state index is 4.45. The van der Waals surface area contributed by atoms with Crippen LogP contribution in [0.15, 0.2) is 170 Å². The highest BCUT2D eigenvalue weighted by atomic mass is 14.6. The number of fused-ring (bicyclic) bond motifs is 3. The Kier molecular flexibility index (Phi) is 6.30. The van der Waals surface area contributed by atoms with E-state index >= 15 is 0 Å². The first-order chi connectivity index (χ1) is 23.3. The Bertz CT molecular complexity index is 2200. The minimum atomic E-state index is -0.440. The minimum absolute atomic E-state index is 0.440. The van der Waals surface area contributed by atoms with Crippen molar-refractivity contribution in [2.24, 2.45) is 0 Å². The Morgan fingerprint density at radius 1 is 0.340 bits per heavy atom. The van der Waals surface area contributed by atoms with Crippen LogP contribution in [0.1, 0.15) is 33.4 Å². The van der Waals surface area contributed by atoms with Gasteiger partial charge >= 0.3 is 11.4 Å². The van der Waals surface area contributed by atoms with Crippen LogP contribution in [0.3, 0.4) is 0 Å². The summed E-state index contributed by atoms with van der Waals surface area (Å²) in [6, 6.07) is 53.6. The number of rotatable bonds is 6. The maximum Gasteiger partial charge on any atom is 0.334 e. The average Bonchev–Trinajstić information content (AvgIpc) is 3.94. The van der Waals surface area contributed by atoms with Crippen molar-refractivity contribution in [2.45, 2.75) is 5.41 Å². The van der Waals surface area contributed by atoms with Gasteiger partial charge in [-0.3, -0.25) is 0 Å². The van der Waals surface area contributed by atoms with Crippen molar-refractivity contribution < 1.29 is 0 Å². The smallest absolute Gasteiger partial charge is 0.0920 e. The van der Waals surface area contributed by atoms with Gasteiger partial charge in [-0.25, -0.2) is 0 Å². The molecule has 0 atom stereocenters. The average molecular weight is 599 g/mol. The molecule has 6 aromatic rings. The second-order valence-electron chi connectivity index (χ2n) is 12.2. The van der Waals surface area contributed by atoms with Gasteiger partial charge in [-0.15, -0.1) is 0 Å². The van der Waals surface area contributed by atoms with Crippen LogP contribution in [0.25, 0.3) is 33.4 Å². The predicted octanol–water partition coefficient (Wildman–Crippen LogP) is 8.38. The third kappa shape index (κ3) is 4.36. The highest BCUT2D eigenvalue weighted by Gasteiger charge is 2.45. The molecule has 0 amide bonds. The van der Waals surface area contributed by atoms with Crippen molar-refractivity contribution >= 4 is 23.9 Å². The maximum atomic E-state index is 4.45. The Labute approximate surface area is 274 Å². The van der Waals surface area contributed by atoms with Crippen LogP contribution >= 0.6 is 0 Å². The highest BCUT2D eigenvalue weighted by Crippen LogP contribution is 2.56. The minimum Gasteiger partial charge on any atom is -0.0920 e. The summed E-state index contributed by atoms with van der Waals surface area (Å²) in [4.78, 5) is 0. The molecule has 0 saturated carbocycles. The first kappa shape index (κ1) is 27.0. The second-order valence-corrected chi connectivity index (χ2v) is 12.2. The molecule has 1 aliphatic carbocycles. The SMILES string of the molecule is C1=CC(c2ccc(-c3ccc(C4(c5ccc(-c6ccc(C7=[N+]=CC=C7)cc6)cc5)c5ccccc5-c5ccccc54)cc3)cc2)=[N+]=C1. The molecule has 0 aromatic heterocycles. The molecule has 0 bridgehead atoms. The van der Waals surface area contributed by atoms with E-state index in [1.807, 2.05) is 36.7 Å². The number of allylic oxidation sites excluding steroid dienone is 4. The summed E-state index contributed by atoms with van der Waals surface area (Å²) in [5.41, 5.74) is 16.4. The largest absolute Gasteiger partial charge is 0.334 e. The van der Waals surface area contributed by atoms with Gasteiger partial charge in [0.05, 0.1) is 16.5 Å². The van der Waals surface area contributed by atoms with E-state index in [2.05, 4.69) is 155 Å². The van der Waals surface area contributed by atoms with Crippen LogP contribution in [0.2, 0.25) is 0 Å². The zero-order valence-corrected chi connectivity index (χ0v) is 25.7. The summed E-state index contributed by atoms with van der Waals surface area (Å²) in [5, 5.41) is 0. The molecule has 2 aliphatic heterocycles. The van der Waals surface area contributed by atoms with Gasteiger partial charge in [0.1, 0.15) is 0 Å². The Balaban J connectivity index is 1.14. The summed E-state index contributed by atoms with van der Waals surface area (Å²) < 4.78 is 8.90. The lowest BCUT2D eigenvalue weighted by atomic mass is 9.67. The normalized spacial score (nSPS) is 14.6. The van der Waals surface area contributed by atoms with Gasteiger partial charge in [0.25, 0.3) is 12.4 Å².